The van der Waals surface area contributed by atoms with Gasteiger partial charge in [-0.15, -0.1) is 0 Å². The molecule has 0 heterocycles. The highest BCUT2D eigenvalue weighted by Crippen LogP contribution is 2.30. The van der Waals surface area contributed by atoms with E-state index in [1.807, 2.05) is 20.8 Å². The maximum Gasteiger partial charge on any atom is 0.311 e. The normalized spacial score (nSPS) is 15.6. The lowest BCUT2D eigenvalue weighted by atomic mass is 9.83. The predicted molar refractivity (Wildman–Crippen MR) is 74.3 cm³/mol. The first-order valence-electron chi connectivity index (χ1n) is 6.95. The van der Waals surface area contributed by atoms with Gasteiger partial charge in [0.25, 0.3) is 0 Å². The van der Waals surface area contributed by atoms with Crippen LogP contribution in [0.25, 0.3) is 0 Å². The number of ether oxygens (including phenoxy) is 1. The first kappa shape index (κ1) is 17.4. The average molecular weight is 258 g/mol. The van der Waals surface area contributed by atoms with Gasteiger partial charge in [-0.2, -0.15) is 0 Å². The average Bonchev–Trinajstić information content (AvgIpc) is 2.24. The van der Waals surface area contributed by atoms with E-state index in [1.165, 1.54) is 0 Å². The fourth-order valence-electron chi connectivity index (χ4n) is 2.16. The third-order valence-corrected chi connectivity index (χ3v) is 3.59. The van der Waals surface area contributed by atoms with Crippen molar-refractivity contribution in [3.63, 3.8) is 0 Å². The van der Waals surface area contributed by atoms with Crippen molar-refractivity contribution < 1.29 is 14.6 Å². The van der Waals surface area contributed by atoms with Crippen molar-refractivity contribution >= 4 is 5.97 Å². The Labute approximate surface area is 112 Å². The SMILES string of the molecule is CCC(C)(CCO)COC(=O)C(C)(C)CC(C)C. The first-order chi connectivity index (χ1) is 8.17. The molecule has 3 nitrogen and oxygen atoms in total. The third-order valence-electron chi connectivity index (χ3n) is 3.59. The molecular formula is C15H30O3. The minimum Gasteiger partial charge on any atom is -0.465 e. The van der Waals surface area contributed by atoms with E-state index in [9.17, 15) is 4.79 Å². The van der Waals surface area contributed by atoms with Crippen molar-refractivity contribution in [3.05, 3.63) is 0 Å². The van der Waals surface area contributed by atoms with Crippen LogP contribution in [0.4, 0.5) is 0 Å². The predicted octanol–water partition coefficient (Wildman–Crippen LogP) is 3.40. The van der Waals surface area contributed by atoms with Gasteiger partial charge in [0.15, 0.2) is 0 Å². The van der Waals surface area contributed by atoms with Crippen molar-refractivity contribution in [2.45, 2.75) is 60.8 Å². The second-order valence-electron chi connectivity index (χ2n) is 6.70. The van der Waals surface area contributed by atoms with Crippen LogP contribution in [0.2, 0.25) is 0 Å². The molecular weight excluding hydrogens is 228 g/mol. The monoisotopic (exact) mass is 258 g/mol. The second kappa shape index (κ2) is 7.13. The van der Waals surface area contributed by atoms with Gasteiger partial charge in [0.1, 0.15) is 0 Å². The summed E-state index contributed by atoms with van der Waals surface area (Å²) in [6.07, 6.45) is 2.39. The summed E-state index contributed by atoms with van der Waals surface area (Å²) < 4.78 is 5.47. The molecule has 0 saturated carbocycles. The molecule has 0 aromatic carbocycles. The Morgan fingerprint density at radius 3 is 2.22 bits per heavy atom. The second-order valence-corrected chi connectivity index (χ2v) is 6.70. The van der Waals surface area contributed by atoms with Gasteiger partial charge in [-0.05, 0) is 39.0 Å². The standard InChI is InChI=1S/C15H30O3/c1-7-15(6,8-9-16)11-18-13(17)14(4,5)10-12(2)3/h12,16H,7-11H2,1-6H3. The Hall–Kier alpha value is -0.570. The Morgan fingerprint density at radius 2 is 1.83 bits per heavy atom. The van der Waals surface area contributed by atoms with Gasteiger partial charge in [0.2, 0.25) is 0 Å². The summed E-state index contributed by atoms with van der Waals surface area (Å²) in [6, 6.07) is 0. The van der Waals surface area contributed by atoms with Gasteiger partial charge in [-0.1, -0.05) is 27.7 Å². The van der Waals surface area contributed by atoms with E-state index in [0.29, 0.717) is 18.9 Å². The summed E-state index contributed by atoms with van der Waals surface area (Å²) in [7, 11) is 0. The Bertz CT molecular complexity index is 258. The zero-order chi connectivity index (χ0) is 14.4. The molecule has 0 aromatic heterocycles. The topological polar surface area (TPSA) is 46.5 Å². The quantitative estimate of drug-likeness (QED) is 0.679. The third kappa shape index (κ3) is 5.85. The van der Waals surface area contributed by atoms with E-state index in [-0.39, 0.29) is 18.0 Å². The zero-order valence-electron chi connectivity index (χ0n) is 12.9. The minimum absolute atomic E-state index is 0.113. The summed E-state index contributed by atoms with van der Waals surface area (Å²) in [6.45, 7) is 12.7. The van der Waals surface area contributed by atoms with Gasteiger partial charge < -0.3 is 9.84 Å². The van der Waals surface area contributed by atoms with Crippen LogP contribution in [-0.4, -0.2) is 24.3 Å². The molecule has 1 atom stereocenters. The highest BCUT2D eigenvalue weighted by molar-refractivity contribution is 5.75. The summed E-state index contributed by atoms with van der Waals surface area (Å²) in [5, 5.41) is 9.04. The number of hydrogen-bond acceptors (Lipinski definition) is 3. The molecule has 0 amide bonds. The van der Waals surface area contributed by atoms with E-state index in [1.54, 1.807) is 0 Å². The smallest absolute Gasteiger partial charge is 0.311 e. The van der Waals surface area contributed by atoms with E-state index >= 15 is 0 Å². The van der Waals surface area contributed by atoms with E-state index in [2.05, 4.69) is 20.8 Å². The molecule has 0 bridgehead atoms. The minimum atomic E-state index is -0.429. The van der Waals surface area contributed by atoms with Crippen LogP contribution in [0.5, 0.6) is 0 Å². The van der Waals surface area contributed by atoms with Crippen molar-refractivity contribution in [3.8, 4) is 0 Å². The molecule has 0 fully saturated rings. The number of rotatable bonds is 8. The Kier molecular flexibility index (Phi) is 6.90. The van der Waals surface area contributed by atoms with Crippen LogP contribution >= 0.6 is 0 Å². The van der Waals surface area contributed by atoms with Gasteiger partial charge >= 0.3 is 5.97 Å². The van der Waals surface area contributed by atoms with Crippen molar-refractivity contribution in [2.75, 3.05) is 13.2 Å². The number of esters is 1. The lowest BCUT2D eigenvalue weighted by molar-refractivity contribution is -0.158. The molecule has 18 heavy (non-hydrogen) atoms. The molecule has 0 spiro atoms. The summed E-state index contributed by atoms with van der Waals surface area (Å²) >= 11 is 0. The number of carbonyl (C=O) groups excluding carboxylic acids is 1. The number of carbonyl (C=O) groups is 1. The van der Waals surface area contributed by atoms with Crippen molar-refractivity contribution in [2.24, 2.45) is 16.7 Å². The Balaban J connectivity index is 4.40. The van der Waals surface area contributed by atoms with Gasteiger partial charge in [0, 0.05) is 12.0 Å². The van der Waals surface area contributed by atoms with Crippen LogP contribution in [0, 0.1) is 16.7 Å². The molecule has 0 aliphatic rings. The summed E-state index contributed by atoms with van der Waals surface area (Å²) in [4.78, 5) is 12.1. The fraction of sp³-hybridized carbons (Fsp3) is 0.933. The molecule has 1 unspecified atom stereocenters. The van der Waals surface area contributed by atoms with Crippen LogP contribution in [-0.2, 0) is 9.53 Å². The molecule has 0 aliphatic heterocycles. The van der Waals surface area contributed by atoms with Crippen LogP contribution in [0.1, 0.15) is 60.8 Å². The molecule has 0 rings (SSSR count). The molecule has 3 heteroatoms. The first-order valence-corrected chi connectivity index (χ1v) is 6.95. The van der Waals surface area contributed by atoms with E-state index in [4.69, 9.17) is 9.84 Å². The Morgan fingerprint density at radius 1 is 1.28 bits per heavy atom. The molecule has 0 saturated heterocycles. The van der Waals surface area contributed by atoms with Gasteiger partial charge in [-0.25, -0.2) is 0 Å². The molecule has 1 N–H and O–H groups in total. The highest BCUT2D eigenvalue weighted by Gasteiger charge is 2.32. The lowest BCUT2D eigenvalue weighted by Crippen LogP contribution is -2.33. The number of aliphatic hydroxyl groups excluding tert-OH is 1. The summed E-state index contributed by atoms with van der Waals surface area (Å²) in [5.74, 6) is 0.344. The fourth-order valence-corrected chi connectivity index (χ4v) is 2.16. The maximum atomic E-state index is 12.1. The van der Waals surface area contributed by atoms with Crippen LogP contribution in [0.3, 0.4) is 0 Å². The highest BCUT2D eigenvalue weighted by atomic mass is 16.5. The van der Waals surface area contributed by atoms with Gasteiger partial charge in [-0.3, -0.25) is 4.79 Å². The van der Waals surface area contributed by atoms with E-state index < -0.39 is 5.41 Å². The van der Waals surface area contributed by atoms with E-state index in [0.717, 1.165) is 12.8 Å². The molecule has 0 aliphatic carbocycles. The summed E-state index contributed by atoms with van der Waals surface area (Å²) in [5.41, 5.74) is -0.541. The molecule has 108 valence electrons. The lowest BCUT2D eigenvalue weighted by Gasteiger charge is -2.30. The maximum absolute atomic E-state index is 12.1. The largest absolute Gasteiger partial charge is 0.465 e. The molecule has 0 radical (unpaired) electrons. The van der Waals surface area contributed by atoms with Crippen molar-refractivity contribution in [1.82, 2.24) is 0 Å². The number of aliphatic hydroxyl groups is 1. The van der Waals surface area contributed by atoms with Crippen LogP contribution < -0.4 is 0 Å². The van der Waals surface area contributed by atoms with Crippen LogP contribution in [0.15, 0.2) is 0 Å². The van der Waals surface area contributed by atoms with Gasteiger partial charge in [0.05, 0.1) is 12.0 Å². The molecule has 0 aromatic rings. The zero-order valence-corrected chi connectivity index (χ0v) is 12.9. The number of hydrogen-bond donors (Lipinski definition) is 1. The van der Waals surface area contributed by atoms with Crippen molar-refractivity contribution in [1.29, 1.82) is 0 Å².